The molecule has 4 atom stereocenters. The summed E-state index contributed by atoms with van der Waals surface area (Å²) in [5.41, 5.74) is 0. The minimum absolute atomic E-state index is 0.241. The molecule has 7 heteroatoms. The maximum atomic E-state index is 11.7. The molecule has 1 fully saturated rings. The van der Waals surface area contributed by atoms with E-state index in [0.717, 1.165) is 0 Å². The van der Waals surface area contributed by atoms with Crippen molar-refractivity contribution in [2.45, 2.75) is 43.8 Å². The molecule has 0 unspecified atom stereocenters. The molecule has 0 aromatic carbocycles. The Bertz CT molecular complexity index is 343. The number of nitrogens with one attached hydrogen (secondary N) is 1. The maximum absolute atomic E-state index is 11.7. The van der Waals surface area contributed by atoms with Crippen LogP contribution in [0.15, 0.2) is 0 Å². The Morgan fingerprint density at radius 1 is 1.35 bits per heavy atom. The number of hydrogen-bond donors (Lipinski definition) is 3. The van der Waals surface area contributed by atoms with Gasteiger partial charge in [0, 0.05) is 13.0 Å². The van der Waals surface area contributed by atoms with Crippen LogP contribution in [0.1, 0.15) is 20.3 Å². The lowest BCUT2D eigenvalue weighted by molar-refractivity contribution is -0.00426. The topological polar surface area (TPSA) is 95.9 Å². The summed E-state index contributed by atoms with van der Waals surface area (Å²) < 4.78 is 30.7. The number of methoxy groups -OCH3 is 1. The van der Waals surface area contributed by atoms with E-state index in [2.05, 4.69) is 4.72 Å². The first-order valence-electron chi connectivity index (χ1n) is 5.65. The molecule has 0 aromatic heterocycles. The molecular formula is C10H21NO5S. The Balaban J connectivity index is 2.68. The molecule has 0 saturated heterocycles. The lowest BCUT2D eigenvalue weighted by Crippen LogP contribution is -2.45. The second kappa shape index (κ2) is 5.62. The average molecular weight is 267 g/mol. The number of aliphatic hydroxyl groups is 2. The summed E-state index contributed by atoms with van der Waals surface area (Å²) >= 11 is 0. The summed E-state index contributed by atoms with van der Waals surface area (Å²) in [4.78, 5) is 0. The van der Waals surface area contributed by atoms with E-state index >= 15 is 0 Å². The van der Waals surface area contributed by atoms with Crippen LogP contribution in [0.3, 0.4) is 0 Å². The van der Waals surface area contributed by atoms with E-state index in [1.54, 1.807) is 13.8 Å². The molecule has 3 N–H and O–H groups in total. The number of rotatable bonds is 5. The van der Waals surface area contributed by atoms with Crippen LogP contribution in [-0.4, -0.2) is 55.8 Å². The zero-order chi connectivity index (χ0) is 13.2. The third kappa shape index (κ3) is 3.38. The molecule has 0 aromatic rings. The highest BCUT2D eigenvalue weighted by Gasteiger charge is 2.43. The van der Waals surface area contributed by atoms with Crippen LogP contribution in [-0.2, 0) is 14.8 Å². The molecule has 0 aliphatic heterocycles. The monoisotopic (exact) mass is 267 g/mol. The quantitative estimate of drug-likeness (QED) is 0.598. The van der Waals surface area contributed by atoms with E-state index < -0.39 is 33.5 Å². The van der Waals surface area contributed by atoms with Gasteiger partial charge in [-0.3, -0.25) is 0 Å². The van der Waals surface area contributed by atoms with Crippen LogP contribution >= 0.6 is 0 Å². The summed E-state index contributed by atoms with van der Waals surface area (Å²) in [6.07, 6.45) is -1.65. The van der Waals surface area contributed by atoms with Gasteiger partial charge >= 0.3 is 0 Å². The molecule has 0 bridgehead atoms. The predicted octanol–water partition coefficient (Wildman–Crippen LogP) is -0.929. The number of aliphatic hydroxyl groups excluding tert-OH is 2. The molecule has 102 valence electrons. The van der Waals surface area contributed by atoms with E-state index in [1.165, 1.54) is 7.11 Å². The lowest BCUT2D eigenvalue weighted by atomic mass is 10.1. The van der Waals surface area contributed by atoms with Crippen molar-refractivity contribution >= 4 is 10.0 Å². The van der Waals surface area contributed by atoms with Gasteiger partial charge in [-0.15, -0.1) is 0 Å². The fourth-order valence-corrected chi connectivity index (χ4v) is 2.90. The molecule has 0 heterocycles. The molecule has 1 rings (SSSR count). The minimum atomic E-state index is -3.44. The largest absolute Gasteiger partial charge is 0.390 e. The van der Waals surface area contributed by atoms with Gasteiger partial charge < -0.3 is 14.9 Å². The van der Waals surface area contributed by atoms with Crippen molar-refractivity contribution in [2.24, 2.45) is 5.92 Å². The lowest BCUT2D eigenvalue weighted by Gasteiger charge is -2.19. The Kier molecular flexibility index (Phi) is 4.91. The molecule has 17 heavy (non-hydrogen) atoms. The highest BCUT2D eigenvalue weighted by molar-refractivity contribution is 7.90. The Labute approximate surface area is 102 Å². The van der Waals surface area contributed by atoms with E-state index in [9.17, 15) is 18.6 Å². The molecule has 1 aliphatic carbocycles. The molecule has 0 radical (unpaired) electrons. The SMILES string of the molecule is COC[C@H]1C[C@@H](NS(=O)(=O)C(C)C)[C@H](O)[C@@H]1O. The third-order valence-electron chi connectivity index (χ3n) is 3.12. The molecule has 1 aliphatic rings. The van der Waals surface area contributed by atoms with Gasteiger partial charge in [0.15, 0.2) is 0 Å². The van der Waals surface area contributed by atoms with E-state index in [1.807, 2.05) is 0 Å². The van der Waals surface area contributed by atoms with E-state index in [4.69, 9.17) is 4.74 Å². The Morgan fingerprint density at radius 2 is 1.94 bits per heavy atom. The molecule has 0 amide bonds. The summed E-state index contributed by atoms with van der Waals surface area (Å²) in [6, 6.07) is -0.641. The van der Waals surface area contributed by atoms with Crippen molar-refractivity contribution in [2.75, 3.05) is 13.7 Å². The molecule has 6 nitrogen and oxygen atoms in total. The highest BCUT2D eigenvalue weighted by atomic mass is 32.2. The summed E-state index contributed by atoms with van der Waals surface area (Å²) in [5, 5.41) is 18.9. The highest BCUT2D eigenvalue weighted by Crippen LogP contribution is 2.27. The predicted molar refractivity (Wildman–Crippen MR) is 63.0 cm³/mol. The third-order valence-corrected chi connectivity index (χ3v) is 4.99. The zero-order valence-electron chi connectivity index (χ0n) is 10.3. The maximum Gasteiger partial charge on any atom is 0.214 e. The molecular weight excluding hydrogens is 246 g/mol. The minimum Gasteiger partial charge on any atom is -0.390 e. The van der Waals surface area contributed by atoms with Crippen LogP contribution < -0.4 is 4.72 Å². The van der Waals surface area contributed by atoms with Crippen molar-refractivity contribution in [1.29, 1.82) is 0 Å². The fraction of sp³-hybridized carbons (Fsp3) is 1.00. The van der Waals surface area contributed by atoms with E-state index in [0.29, 0.717) is 13.0 Å². The van der Waals surface area contributed by atoms with Gasteiger partial charge in [0.05, 0.1) is 30.1 Å². The van der Waals surface area contributed by atoms with Gasteiger partial charge in [-0.1, -0.05) is 0 Å². The standard InChI is InChI=1S/C10H21NO5S/c1-6(2)17(14,15)11-8-4-7(5-16-3)9(12)10(8)13/h6-13H,4-5H2,1-3H3/t7-,8-,9-,10+/m1/s1. The Hall–Kier alpha value is -0.210. The fourth-order valence-electron chi connectivity index (χ4n) is 1.97. The van der Waals surface area contributed by atoms with Crippen LogP contribution in [0.25, 0.3) is 0 Å². The summed E-state index contributed by atoms with van der Waals surface area (Å²) in [7, 11) is -1.93. The second-order valence-electron chi connectivity index (χ2n) is 4.75. The van der Waals surface area contributed by atoms with Gasteiger partial charge in [0.1, 0.15) is 0 Å². The van der Waals surface area contributed by atoms with Gasteiger partial charge in [0.2, 0.25) is 10.0 Å². The Morgan fingerprint density at radius 3 is 2.41 bits per heavy atom. The van der Waals surface area contributed by atoms with Crippen LogP contribution in [0.2, 0.25) is 0 Å². The van der Waals surface area contributed by atoms with E-state index in [-0.39, 0.29) is 5.92 Å². The second-order valence-corrected chi connectivity index (χ2v) is 7.02. The number of sulfonamides is 1. The molecule has 1 saturated carbocycles. The first-order chi connectivity index (χ1) is 7.79. The molecule has 0 spiro atoms. The van der Waals surface area contributed by atoms with Crippen LogP contribution in [0.4, 0.5) is 0 Å². The first-order valence-corrected chi connectivity index (χ1v) is 7.20. The normalized spacial score (nSPS) is 34.5. The van der Waals surface area contributed by atoms with Crippen molar-refractivity contribution in [3.05, 3.63) is 0 Å². The van der Waals surface area contributed by atoms with Crippen molar-refractivity contribution in [3.63, 3.8) is 0 Å². The van der Waals surface area contributed by atoms with Crippen molar-refractivity contribution in [1.82, 2.24) is 4.72 Å². The zero-order valence-corrected chi connectivity index (χ0v) is 11.1. The smallest absolute Gasteiger partial charge is 0.214 e. The summed E-state index contributed by atoms with van der Waals surface area (Å²) in [5.74, 6) is -0.241. The first kappa shape index (κ1) is 14.8. The van der Waals surface area contributed by atoms with Crippen molar-refractivity contribution in [3.8, 4) is 0 Å². The van der Waals surface area contributed by atoms with Gasteiger partial charge in [-0.2, -0.15) is 0 Å². The average Bonchev–Trinajstić information content (AvgIpc) is 2.47. The van der Waals surface area contributed by atoms with Gasteiger partial charge in [-0.05, 0) is 20.3 Å². The van der Waals surface area contributed by atoms with Gasteiger partial charge in [0.25, 0.3) is 0 Å². The number of hydrogen-bond acceptors (Lipinski definition) is 5. The van der Waals surface area contributed by atoms with Crippen LogP contribution in [0.5, 0.6) is 0 Å². The summed E-state index contributed by atoms with van der Waals surface area (Å²) in [6.45, 7) is 3.43. The van der Waals surface area contributed by atoms with Gasteiger partial charge in [-0.25, -0.2) is 13.1 Å². The van der Waals surface area contributed by atoms with Crippen molar-refractivity contribution < 1.29 is 23.4 Å². The van der Waals surface area contributed by atoms with Crippen LogP contribution in [0, 0.1) is 5.92 Å². The number of ether oxygens (including phenoxy) is 1.